The van der Waals surface area contributed by atoms with Gasteiger partial charge in [0.1, 0.15) is 5.75 Å². The number of aromatic nitrogens is 1. The predicted octanol–water partition coefficient (Wildman–Crippen LogP) is 0.676. The molecule has 1 fully saturated rings. The van der Waals surface area contributed by atoms with Crippen LogP contribution in [-0.4, -0.2) is 28.6 Å². The van der Waals surface area contributed by atoms with E-state index in [-0.39, 0.29) is 35.8 Å². The number of aromatic hydroxyl groups is 1. The predicted molar refractivity (Wildman–Crippen MR) is 66.2 cm³/mol. The van der Waals surface area contributed by atoms with Crippen LogP contribution in [0.1, 0.15) is 23.3 Å². The molecule has 94 valence electrons. The van der Waals surface area contributed by atoms with E-state index in [1.165, 1.54) is 12.3 Å². The lowest BCUT2D eigenvalue weighted by molar-refractivity contribution is 0.0925. The average Bonchev–Trinajstić information content (AvgIpc) is 3.10. The molecule has 1 aromatic rings. The van der Waals surface area contributed by atoms with E-state index in [9.17, 15) is 9.90 Å². The van der Waals surface area contributed by atoms with Gasteiger partial charge in [0.2, 0.25) is 0 Å². The molecule has 0 aliphatic heterocycles. The number of nitrogens with zero attached hydrogens (tertiary/aromatic N) is 1. The number of pyridine rings is 1. The molecule has 1 heterocycles. The highest BCUT2D eigenvalue weighted by Gasteiger charge is 2.31. The summed E-state index contributed by atoms with van der Waals surface area (Å²) in [6.45, 7) is 0.421. The van der Waals surface area contributed by atoms with E-state index in [0.29, 0.717) is 12.5 Å². The van der Waals surface area contributed by atoms with E-state index in [1.54, 1.807) is 6.07 Å². The molecule has 2 rings (SSSR count). The van der Waals surface area contributed by atoms with Gasteiger partial charge in [-0.15, -0.1) is 12.4 Å². The summed E-state index contributed by atoms with van der Waals surface area (Å²) in [5.74, 6) is 0.0202. The first kappa shape index (κ1) is 13.7. The van der Waals surface area contributed by atoms with Crippen molar-refractivity contribution in [2.45, 2.75) is 18.9 Å². The molecular weight excluding hydrogens is 242 g/mol. The first-order valence-corrected chi connectivity index (χ1v) is 5.37. The van der Waals surface area contributed by atoms with Gasteiger partial charge in [0.05, 0.1) is 0 Å². The Morgan fingerprint density at radius 2 is 2.35 bits per heavy atom. The van der Waals surface area contributed by atoms with Gasteiger partial charge in [-0.3, -0.25) is 4.79 Å². The molecule has 1 aliphatic carbocycles. The zero-order valence-corrected chi connectivity index (χ0v) is 10.1. The summed E-state index contributed by atoms with van der Waals surface area (Å²) in [4.78, 5) is 15.6. The molecule has 4 N–H and O–H groups in total. The maximum Gasteiger partial charge on any atom is 0.274 e. The third kappa shape index (κ3) is 3.31. The SMILES string of the molecule is Cl.NCC(NC(=O)c1ncccc1O)C1CC1. The van der Waals surface area contributed by atoms with Gasteiger partial charge in [-0.1, -0.05) is 0 Å². The summed E-state index contributed by atoms with van der Waals surface area (Å²) in [6, 6.07) is 3.01. The smallest absolute Gasteiger partial charge is 0.274 e. The van der Waals surface area contributed by atoms with Crippen molar-refractivity contribution in [2.75, 3.05) is 6.54 Å². The minimum Gasteiger partial charge on any atom is -0.505 e. The van der Waals surface area contributed by atoms with Crippen molar-refractivity contribution in [3.63, 3.8) is 0 Å². The number of hydrogen-bond acceptors (Lipinski definition) is 4. The Bertz CT molecular complexity index is 396. The molecule has 0 aromatic carbocycles. The normalized spacial score (nSPS) is 15.8. The number of amides is 1. The lowest BCUT2D eigenvalue weighted by Gasteiger charge is -2.15. The minimum atomic E-state index is -0.361. The molecule has 17 heavy (non-hydrogen) atoms. The summed E-state index contributed by atoms with van der Waals surface area (Å²) in [5, 5.41) is 12.3. The molecule has 0 bridgehead atoms. The second kappa shape index (κ2) is 5.84. The lowest BCUT2D eigenvalue weighted by atomic mass is 10.2. The van der Waals surface area contributed by atoms with Crippen molar-refractivity contribution in [3.8, 4) is 5.75 Å². The third-order valence-electron chi connectivity index (χ3n) is 2.76. The van der Waals surface area contributed by atoms with Gasteiger partial charge in [-0.2, -0.15) is 0 Å². The summed E-state index contributed by atoms with van der Waals surface area (Å²) in [7, 11) is 0. The molecule has 0 radical (unpaired) electrons. The zero-order valence-electron chi connectivity index (χ0n) is 9.30. The molecule has 1 atom stereocenters. The Balaban J connectivity index is 0.00000144. The summed E-state index contributed by atoms with van der Waals surface area (Å²) < 4.78 is 0. The molecule has 0 saturated heterocycles. The molecule has 1 aromatic heterocycles. The van der Waals surface area contributed by atoms with Crippen LogP contribution in [0.25, 0.3) is 0 Å². The Morgan fingerprint density at radius 1 is 1.65 bits per heavy atom. The number of rotatable bonds is 4. The topological polar surface area (TPSA) is 88.2 Å². The minimum absolute atomic E-state index is 0. The van der Waals surface area contributed by atoms with Gasteiger partial charge >= 0.3 is 0 Å². The lowest BCUT2D eigenvalue weighted by Crippen LogP contribution is -2.42. The van der Waals surface area contributed by atoms with E-state index < -0.39 is 0 Å². The van der Waals surface area contributed by atoms with E-state index in [2.05, 4.69) is 10.3 Å². The number of hydrogen-bond donors (Lipinski definition) is 3. The monoisotopic (exact) mass is 257 g/mol. The summed E-state index contributed by atoms with van der Waals surface area (Å²) in [5.41, 5.74) is 5.64. The van der Waals surface area contributed by atoms with Crippen LogP contribution >= 0.6 is 12.4 Å². The van der Waals surface area contributed by atoms with Gasteiger partial charge in [0.25, 0.3) is 5.91 Å². The highest BCUT2D eigenvalue weighted by Crippen LogP contribution is 2.32. The van der Waals surface area contributed by atoms with Crippen molar-refractivity contribution < 1.29 is 9.90 Å². The largest absolute Gasteiger partial charge is 0.505 e. The van der Waals surface area contributed by atoms with Crippen molar-refractivity contribution >= 4 is 18.3 Å². The Morgan fingerprint density at radius 3 is 2.88 bits per heavy atom. The van der Waals surface area contributed by atoms with Gasteiger partial charge in [0.15, 0.2) is 5.69 Å². The zero-order chi connectivity index (χ0) is 11.5. The number of nitrogens with two attached hydrogens (primary N) is 1. The third-order valence-corrected chi connectivity index (χ3v) is 2.76. The molecule has 1 saturated carbocycles. The van der Waals surface area contributed by atoms with Gasteiger partial charge in [-0.25, -0.2) is 4.98 Å². The van der Waals surface area contributed by atoms with E-state index in [0.717, 1.165) is 12.8 Å². The Kier molecular flexibility index (Phi) is 4.72. The van der Waals surface area contributed by atoms with Crippen molar-refractivity contribution in [3.05, 3.63) is 24.0 Å². The van der Waals surface area contributed by atoms with Crippen LogP contribution in [0.3, 0.4) is 0 Å². The highest BCUT2D eigenvalue weighted by atomic mass is 35.5. The van der Waals surface area contributed by atoms with Crippen LogP contribution in [0.2, 0.25) is 0 Å². The highest BCUT2D eigenvalue weighted by molar-refractivity contribution is 5.94. The maximum atomic E-state index is 11.8. The molecule has 5 nitrogen and oxygen atoms in total. The Labute approximate surface area is 106 Å². The number of halogens is 1. The van der Waals surface area contributed by atoms with E-state index in [1.807, 2.05) is 0 Å². The van der Waals surface area contributed by atoms with Gasteiger partial charge < -0.3 is 16.2 Å². The number of carbonyl (C=O) groups excluding carboxylic acids is 1. The fraction of sp³-hybridized carbons (Fsp3) is 0.455. The van der Waals surface area contributed by atoms with Crippen LogP contribution < -0.4 is 11.1 Å². The average molecular weight is 258 g/mol. The van der Waals surface area contributed by atoms with Crippen LogP contribution in [0.15, 0.2) is 18.3 Å². The molecule has 6 heteroatoms. The first-order chi connectivity index (χ1) is 7.72. The second-order valence-electron chi connectivity index (χ2n) is 4.02. The van der Waals surface area contributed by atoms with Crippen molar-refractivity contribution in [1.82, 2.24) is 10.3 Å². The second-order valence-corrected chi connectivity index (χ2v) is 4.02. The summed E-state index contributed by atoms with van der Waals surface area (Å²) >= 11 is 0. The van der Waals surface area contributed by atoms with Gasteiger partial charge in [0, 0.05) is 18.8 Å². The fourth-order valence-corrected chi connectivity index (χ4v) is 1.68. The number of nitrogens with one attached hydrogen (secondary N) is 1. The van der Waals surface area contributed by atoms with E-state index >= 15 is 0 Å². The maximum absolute atomic E-state index is 11.8. The molecule has 1 aliphatic rings. The number of carbonyl (C=O) groups is 1. The fourth-order valence-electron chi connectivity index (χ4n) is 1.68. The molecule has 0 spiro atoms. The molecule has 1 amide bonds. The summed E-state index contributed by atoms with van der Waals surface area (Å²) in [6.07, 6.45) is 3.69. The van der Waals surface area contributed by atoms with Crippen LogP contribution in [0.5, 0.6) is 5.75 Å². The van der Waals surface area contributed by atoms with Crippen molar-refractivity contribution in [2.24, 2.45) is 11.7 Å². The van der Waals surface area contributed by atoms with Crippen molar-refractivity contribution in [1.29, 1.82) is 0 Å². The van der Waals surface area contributed by atoms with Crippen LogP contribution in [0, 0.1) is 5.92 Å². The Hall–Kier alpha value is -1.33. The van der Waals surface area contributed by atoms with Gasteiger partial charge in [-0.05, 0) is 30.9 Å². The molecule has 1 unspecified atom stereocenters. The van der Waals surface area contributed by atoms with Crippen LogP contribution in [0.4, 0.5) is 0 Å². The standard InChI is InChI=1S/C11H15N3O2.ClH/c12-6-8(7-3-4-7)14-11(16)10-9(15)2-1-5-13-10;/h1-2,5,7-8,15H,3-4,6,12H2,(H,14,16);1H. The van der Waals surface area contributed by atoms with E-state index in [4.69, 9.17) is 5.73 Å². The quantitative estimate of drug-likeness (QED) is 0.740. The first-order valence-electron chi connectivity index (χ1n) is 5.37. The van der Waals surface area contributed by atoms with Crippen LogP contribution in [-0.2, 0) is 0 Å². The molecular formula is C11H16ClN3O2.